The van der Waals surface area contributed by atoms with Crippen LogP contribution in [-0.4, -0.2) is 4.98 Å². The normalized spacial score (nSPS) is 10.4. The molecule has 0 aliphatic heterocycles. The van der Waals surface area contributed by atoms with Crippen LogP contribution in [0.25, 0.3) is 0 Å². The molecule has 0 fully saturated rings. The maximum absolute atomic E-state index is 5.82. The third-order valence-corrected chi connectivity index (χ3v) is 3.83. The van der Waals surface area contributed by atoms with Crippen LogP contribution >= 0.6 is 34.7 Å². The Hall–Kier alpha value is -0.710. The molecule has 0 aromatic carbocycles. The molecule has 72 valence electrons. The molecule has 5 heteroatoms. The highest BCUT2D eigenvalue weighted by Gasteiger charge is 2.01. The molecule has 0 unspecified atom stereocenters. The van der Waals surface area contributed by atoms with E-state index in [4.69, 9.17) is 17.3 Å². The maximum atomic E-state index is 5.82. The van der Waals surface area contributed by atoms with Gasteiger partial charge in [0.05, 0.1) is 20.4 Å². The lowest BCUT2D eigenvalue weighted by Crippen LogP contribution is -1.85. The van der Waals surface area contributed by atoms with Gasteiger partial charge in [-0.2, -0.15) is 0 Å². The zero-order valence-electron chi connectivity index (χ0n) is 7.11. The Morgan fingerprint density at radius 3 is 2.71 bits per heavy atom. The molecule has 2 heterocycles. The van der Waals surface area contributed by atoms with Crippen molar-refractivity contribution in [3.63, 3.8) is 0 Å². The van der Waals surface area contributed by atoms with Crippen LogP contribution in [0.3, 0.4) is 0 Å². The van der Waals surface area contributed by atoms with Gasteiger partial charge in [-0.25, -0.2) is 4.98 Å². The van der Waals surface area contributed by atoms with E-state index in [0.29, 0.717) is 5.69 Å². The second kappa shape index (κ2) is 4.21. The lowest BCUT2D eigenvalue weighted by molar-refractivity contribution is 1.14. The summed E-state index contributed by atoms with van der Waals surface area (Å²) in [6, 6.07) is 7.60. The molecule has 0 radical (unpaired) electrons. The standard InChI is InChI=1S/C9H7ClN2S2/c10-7-2-4-9(13-7)14-8-3-1-6(11)5-12-8/h1-5H,11H2. The van der Waals surface area contributed by atoms with E-state index >= 15 is 0 Å². The number of anilines is 1. The zero-order valence-corrected chi connectivity index (χ0v) is 9.49. The van der Waals surface area contributed by atoms with Crippen LogP contribution in [0.2, 0.25) is 4.34 Å². The Morgan fingerprint density at radius 1 is 1.29 bits per heavy atom. The van der Waals surface area contributed by atoms with Gasteiger partial charge in [0, 0.05) is 0 Å². The number of nitrogens with two attached hydrogens (primary N) is 1. The van der Waals surface area contributed by atoms with Gasteiger partial charge in [0.1, 0.15) is 5.03 Å². The summed E-state index contributed by atoms with van der Waals surface area (Å²) in [6.07, 6.45) is 1.65. The second-order valence-corrected chi connectivity index (χ2v) is 5.63. The zero-order chi connectivity index (χ0) is 9.97. The monoisotopic (exact) mass is 242 g/mol. The van der Waals surface area contributed by atoms with E-state index in [-0.39, 0.29) is 0 Å². The summed E-state index contributed by atoms with van der Waals surface area (Å²) in [5.41, 5.74) is 6.21. The van der Waals surface area contributed by atoms with Gasteiger partial charge in [0.25, 0.3) is 0 Å². The molecule has 0 amide bonds. The fourth-order valence-corrected chi connectivity index (χ4v) is 3.10. The smallest absolute Gasteiger partial charge is 0.102 e. The first-order chi connectivity index (χ1) is 6.74. The Kier molecular flexibility index (Phi) is 2.96. The SMILES string of the molecule is Nc1ccc(Sc2ccc(Cl)s2)nc1. The van der Waals surface area contributed by atoms with E-state index in [0.717, 1.165) is 13.6 Å². The van der Waals surface area contributed by atoms with Gasteiger partial charge in [-0.3, -0.25) is 0 Å². The number of hydrogen-bond donors (Lipinski definition) is 1. The van der Waals surface area contributed by atoms with Crippen molar-refractivity contribution in [1.29, 1.82) is 0 Å². The molecular weight excluding hydrogens is 236 g/mol. The first kappa shape index (κ1) is 9.83. The van der Waals surface area contributed by atoms with Gasteiger partial charge in [-0.15, -0.1) is 11.3 Å². The van der Waals surface area contributed by atoms with E-state index in [2.05, 4.69) is 4.98 Å². The van der Waals surface area contributed by atoms with Gasteiger partial charge in [0.15, 0.2) is 0 Å². The molecule has 0 bridgehead atoms. The second-order valence-electron chi connectivity index (χ2n) is 2.59. The minimum atomic E-state index is 0.679. The number of aromatic nitrogens is 1. The molecular formula is C9H7ClN2S2. The number of halogens is 1. The molecule has 2 nitrogen and oxygen atoms in total. The summed E-state index contributed by atoms with van der Waals surface area (Å²) in [4.78, 5) is 4.18. The summed E-state index contributed by atoms with van der Waals surface area (Å²) < 4.78 is 1.93. The van der Waals surface area contributed by atoms with Crippen molar-refractivity contribution in [2.45, 2.75) is 9.24 Å². The van der Waals surface area contributed by atoms with Gasteiger partial charge in [-0.05, 0) is 24.3 Å². The van der Waals surface area contributed by atoms with E-state index in [1.807, 2.05) is 24.3 Å². The van der Waals surface area contributed by atoms with E-state index in [1.165, 1.54) is 0 Å². The molecule has 2 rings (SSSR count). The number of nitrogen functional groups attached to an aromatic ring is 1. The minimum absolute atomic E-state index is 0.679. The van der Waals surface area contributed by atoms with Gasteiger partial charge < -0.3 is 5.73 Å². The van der Waals surface area contributed by atoms with Crippen molar-refractivity contribution >= 4 is 40.4 Å². The molecule has 14 heavy (non-hydrogen) atoms. The summed E-state index contributed by atoms with van der Waals surface area (Å²) >= 11 is 8.95. The molecule has 0 spiro atoms. The van der Waals surface area contributed by atoms with Crippen molar-refractivity contribution in [3.8, 4) is 0 Å². The fourth-order valence-electron chi connectivity index (χ4n) is 0.908. The fraction of sp³-hybridized carbons (Fsp3) is 0. The first-order valence-electron chi connectivity index (χ1n) is 3.89. The van der Waals surface area contributed by atoms with Crippen LogP contribution in [0, 0.1) is 0 Å². The van der Waals surface area contributed by atoms with Crippen molar-refractivity contribution in [2.75, 3.05) is 5.73 Å². The Labute approximate surface area is 95.1 Å². The third kappa shape index (κ3) is 2.41. The molecule has 0 saturated heterocycles. The molecule has 0 aliphatic carbocycles. The summed E-state index contributed by atoms with van der Waals surface area (Å²) in [6.45, 7) is 0. The topological polar surface area (TPSA) is 38.9 Å². The Morgan fingerprint density at radius 2 is 2.14 bits per heavy atom. The van der Waals surface area contributed by atoms with Gasteiger partial charge in [0.2, 0.25) is 0 Å². The number of rotatable bonds is 2. The predicted molar refractivity (Wildman–Crippen MR) is 62.1 cm³/mol. The third-order valence-electron chi connectivity index (χ3n) is 1.51. The number of pyridine rings is 1. The lowest BCUT2D eigenvalue weighted by Gasteiger charge is -1.97. The van der Waals surface area contributed by atoms with Crippen LogP contribution in [0.15, 0.2) is 39.7 Å². The first-order valence-corrected chi connectivity index (χ1v) is 5.90. The highest BCUT2D eigenvalue weighted by molar-refractivity contribution is 8.01. The maximum Gasteiger partial charge on any atom is 0.102 e. The van der Waals surface area contributed by atoms with Gasteiger partial charge >= 0.3 is 0 Å². The Bertz CT molecular complexity index is 425. The highest BCUT2D eigenvalue weighted by Crippen LogP contribution is 2.34. The minimum Gasteiger partial charge on any atom is -0.397 e. The van der Waals surface area contributed by atoms with E-state index in [1.54, 1.807) is 29.3 Å². The molecule has 2 aromatic heterocycles. The van der Waals surface area contributed by atoms with Crippen molar-refractivity contribution in [3.05, 3.63) is 34.8 Å². The van der Waals surface area contributed by atoms with Crippen LogP contribution in [0.4, 0.5) is 5.69 Å². The van der Waals surface area contributed by atoms with Crippen molar-refractivity contribution in [2.24, 2.45) is 0 Å². The van der Waals surface area contributed by atoms with E-state index in [9.17, 15) is 0 Å². The van der Waals surface area contributed by atoms with Crippen LogP contribution < -0.4 is 5.73 Å². The number of hydrogen-bond acceptors (Lipinski definition) is 4. The molecule has 0 saturated carbocycles. The van der Waals surface area contributed by atoms with Crippen LogP contribution in [0.5, 0.6) is 0 Å². The molecule has 0 atom stereocenters. The number of thiophene rings is 1. The van der Waals surface area contributed by atoms with E-state index < -0.39 is 0 Å². The molecule has 0 aliphatic rings. The quantitative estimate of drug-likeness (QED) is 0.876. The van der Waals surface area contributed by atoms with Crippen LogP contribution in [-0.2, 0) is 0 Å². The van der Waals surface area contributed by atoms with Gasteiger partial charge in [-0.1, -0.05) is 23.4 Å². The highest BCUT2D eigenvalue weighted by atomic mass is 35.5. The molecule has 2 N–H and O–H groups in total. The Balaban J connectivity index is 2.15. The van der Waals surface area contributed by atoms with Crippen molar-refractivity contribution < 1.29 is 0 Å². The van der Waals surface area contributed by atoms with Crippen LogP contribution in [0.1, 0.15) is 0 Å². The molecule has 2 aromatic rings. The summed E-state index contributed by atoms with van der Waals surface area (Å²) in [5, 5.41) is 0.928. The number of nitrogens with zero attached hydrogens (tertiary/aromatic N) is 1. The summed E-state index contributed by atoms with van der Waals surface area (Å²) in [7, 11) is 0. The average Bonchev–Trinajstić information content (AvgIpc) is 2.56. The summed E-state index contributed by atoms with van der Waals surface area (Å²) in [5.74, 6) is 0. The lowest BCUT2D eigenvalue weighted by atomic mass is 10.4. The largest absolute Gasteiger partial charge is 0.397 e. The van der Waals surface area contributed by atoms with Crippen molar-refractivity contribution in [1.82, 2.24) is 4.98 Å². The predicted octanol–water partition coefficient (Wildman–Crippen LogP) is 3.53. The average molecular weight is 243 g/mol.